The van der Waals surface area contributed by atoms with Gasteiger partial charge in [-0.15, -0.1) is 0 Å². The summed E-state index contributed by atoms with van der Waals surface area (Å²) in [6, 6.07) is 3.62. The summed E-state index contributed by atoms with van der Waals surface area (Å²) in [5.74, 6) is 0.238. The second-order valence-corrected chi connectivity index (χ2v) is 6.03. The number of hydrogen-bond donors (Lipinski definition) is 0. The molecule has 2 atom stereocenters. The van der Waals surface area contributed by atoms with Crippen molar-refractivity contribution in [1.82, 2.24) is 9.47 Å². The Morgan fingerprint density at radius 1 is 1.33 bits per heavy atom. The van der Waals surface area contributed by atoms with Crippen LogP contribution < -0.4 is 5.43 Å². The minimum absolute atomic E-state index is 0.0467. The van der Waals surface area contributed by atoms with E-state index in [2.05, 4.69) is 4.57 Å². The van der Waals surface area contributed by atoms with Crippen LogP contribution in [0.3, 0.4) is 0 Å². The molecule has 21 heavy (non-hydrogen) atoms. The predicted molar refractivity (Wildman–Crippen MR) is 79.3 cm³/mol. The Hall–Kier alpha value is -1.62. The first-order valence-electron chi connectivity index (χ1n) is 7.65. The van der Waals surface area contributed by atoms with E-state index >= 15 is 0 Å². The molecule has 2 unspecified atom stereocenters. The van der Waals surface area contributed by atoms with Gasteiger partial charge >= 0.3 is 0 Å². The van der Waals surface area contributed by atoms with Crippen molar-refractivity contribution in [2.75, 3.05) is 13.2 Å². The third-order valence-electron chi connectivity index (χ3n) is 4.41. The van der Waals surface area contributed by atoms with E-state index in [1.54, 1.807) is 12.1 Å². The lowest BCUT2D eigenvalue weighted by Gasteiger charge is -2.27. The lowest BCUT2D eigenvalue weighted by atomic mass is 10.2. The number of pyridine rings is 1. The summed E-state index contributed by atoms with van der Waals surface area (Å²) in [7, 11) is 0. The Kier molecular flexibility index (Phi) is 3.85. The molecule has 1 aliphatic carbocycles. The molecule has 114 valence electrons. The molecule has 5 nitrogen and oxygen atoms in total. The van der Waals surface area contributed by atoms with E-state index in [-0.39, 0.29) is 11.3 Å². The highest BCUT2D eigenvalue weighted by atomic mass is 16.5. The molecule has 5 heteroatoms. The normalized spacial score (nSPS) is 23.8. The summed E-state index contributed by atoms with van der Waals surface area (Å²) in [5, 5.41) is 0. The Balaban J connectivity index is 1.54. The molecule has 1 amide bonds. The molecule has 1 saturated heterocycles. The van der Waals surface area contributed by atoms with E-state index in [0.717, 1.165) is 37.3 Å². The fourth-order valence-electron chi connectivity index (χ4n) is 3.22. The van der Waals surface area contributed by atoms with Crippen LogP contribution in [0.5, 0.6) is 0 Å². The van der Waals surface area contributed by atoms with Crippen molar-refractivity contribution in [3.05, 3.63) is 33.7 Å². The highest BCUT2D eigenvalue weighted by Gasteiger charge is 2.47. The number of hydrogen-bond acceptors (Lipinski definition) is 3. The van der Waals surface area contributed by atoms with Crippen LogP contribution in [-0.4, -0.2) is 40.7 Å². The van der Waals surface area contributed by atoms with Crippen molar-refractivity contribution in [2.45, 2.75) is 51.8 Å². The summed E-state index contributed by atoms with van der Waals surface area (Å²) in [6.07, 6.45) is 2.67. The molecular weight excluding hydrogens is 268 g/mol. The van der Waals surface area contributed by atoms with E-state index in [1.807, 2.05) is 18.7 Å². The Morgan fingerprint density at radius 3 is 2.76 bits per heavy atom. The van der Waals surface area contributed by atoms with Gasteiger partial charge in [-0.25, -0.2) is 0 Å². The predicted octanol–water partition coefficient (Wildman–Crippen LogP) is 1.25. The second kappa shape index (κ2) is 5.64. The number of fused-ring (bicyclic) bond motifs is 1. The average molecular weight is 290 g/mol. The minimum Gasteiger partial charge on any atom is -0.374 e. The van der Waals surface area contributed by atoms with Gasteiger partial charge in [-0.2, -0.15) is 0 Å². The van der Waals surface area contributed by atoms with E-state index in [0.29, 0.717) is 25.2 Å². The number of aromatic nitrogens is 1. The van der Waals surface area contributed by atoms with Crippen molar-refractivity contribution in [3.63, 3.8) is 0 Å². The summed E-state index contributed by atoms with van der Waals surface area (Å²) in [4.78, 5) is 25.7. The molecule has 1 saturated carbocycles. The summed E-state index contributed by atoms with van der Waals surface area (Å²) in [5.41, 5.74) is 1.97. The van der Waals surface area contributed by atoms with Crippen LogP contribution in [0, 0.1) is 13.8 Å². The summed E-state index contributed by atoms with van der Waals surface area (Å²) in [6.45, 7) is 6.06. The smallest absolute Gasteiger partial charge is 0.223 e. The van der Waals surface area contributed by atoms with Gasteiger partial charge in [0.05, 0.1) is 18.8 Å². The zero-order valence-electron chi connectivity index (χ0n) is 12.7. The van der Waals surface area contributed by atoms with Crippen molar-refractivity contribution < 1.29 is 9.53 Å². The first-order chi connectivity index (χ1) is 10.1. The lowest BCUT2D eigenvalue weighted by molar-refractivity contribution is -0.135. The van der Waals surface area contributed by atoms with Gasteiger partial charge in [-0.1, -0.05) is 0 Å². The fourth-order valence-corrected chi connectivity index (χ4v) is 3.22. The zero-order valence-corrected chi connectivity index (χ0v) is 12.7. The molecule has 2 aliphatic rings. The fraction of sp³-hybridized carbons (Fsp3) is 0.625. The van der Waals surface area contributed by atoms with Crippen molar-refractivity contribution >= 4 is 5.91 Å². The molecule has 3 rings (SSSR count). The Labute approximate surface area is 124 Å². The van der Waals surface area contributed by atoms with Crippen LogP contribution >= 0.6 is 0 Å². The Bertz CT molecular complexity index is 582. The van der Waals surface area contributed by atoms with Gasteiger partial charge in [0.2, 0.25) is 5.91 Å². The van der Waals surface area contributed by atoms with Gasteiger partial charge in [0.1, 0.15) is 0 Å². The first kappa shape index (κ1) is 14.3. The van der Waals surface area contributed by atoms with Gasteiger partial charge < -0.3 is 14.2 Å². The molecule has 0 radical (unpaired) electrons. The van der Waals surface area contributed by atoms with Crippen LogP contribution in [0.4, 0.5) is 0 Å². The molecule has 1 aliphatic heterocycles. The number of aryl methyl sites for hydroxylation is 2. The van der Waals surface area contributed by atoms with E-state index in [4.69, 9.17) is 4.74 Å². The number of rotatable bonds is 4. The number of amides is 1. The molecule has 0 N–H and O–H groups in total. The highest BCUT2D eigenvalue weighted by molar-refractivity contribution is 5.77. The number of morpholine rings is 1. The standard InChI is InChI=1S/C16H22N2O3/c1-11-8-13(19)9-12(2)17(11)5-3-4-16(20)18-6-7-21-15-10-14(15)18/h8-9,14-15H,3-7,10H2,1-2H3. The van der Waals surface area contributed by atoms with Crippen molar-refractivity contribution in [3.8, 4) is 0 Å². The maximum Gasteiger partial charge on any atom is 0.223 e. The molecule has 0 spiro atoms. The Morgan fingerprint density at radius 2 is 2.05 bits per heavy atom. The van der Waals surface area contributed by atoms with E-state index in [9.17, 15) is 9.59 Å². The van der Waals surface area contributed by atoms with Crippen LogP contribution in [0.1, 0.15) is 30.7 Å². The molecular formula is C16H22N2O3. The molecule has 2 fully saturated rings. The van der Waals surface area contributed by atoms with E-state index < -0.39 is 0 Å². The highest BCUT2D eigenvalue weighted by Crippen LogP contribution is 2.34. The number of carbonyl (C=O) groups excluding carboxylic acids is 1. The second-order valence-electron chi connectivity index (χ2n) is 6.03. The summed E-state index contributed by atoms with van der Waals surface area (Å²) >= 11 is 0. The van der Waals surface area contributed by atoms with Gasteiger partial charge in [-0.05, 0) is 26.7 Å². The maximum atomic E-state index is 12.3. The largest absolute Gasteiger partial charge is 0.374 e. The zero-order chi connectivity index (χ0) is 15.0. The molecule has 1 aromatic rings. The minimum atomic E-state index is 0.0467. The monoisotopic (exact) mass is 290 g/mol. The van der Waals surface area contributed by atoms with E-state index in [1.165, 1.54) is 0 Å². The SMILES string of the molecule is Cc1cc(=O)cc(C)n1CCCC(=O)N1CCOC2CC21. The molecule has 2 heterocycles. The third kappa shape index (κ3) is 3.02. The molecule has 0 aromatic carbocycles. The van der Waals surface area contributed by atoms with Crippen LogP contribution in [0.25, 0.3) is 0 Å². The average Bonchev–Trinajstić information content (AvgIpc) is 3.20. The van der Waals surface area contributed by atoms with Crippen molar-refractivity contribution in [2.24, 2.45) is 0 Å². The number of nitrogens with zero attached hydrogens (tertiary/aromatic N) is 2. The first-order valence-corrected chi connectivity index (χ1v) is 7.65. The maximum absolute atomic E-state index is 12.3. The van der Waals surface area contributed by atoms with Gasteiger partial charge in [0, 0.05) is 43.0 Å². The van der Waals surface area contributed by atoms with Crippen molar-refractivity contribution in [1.29, 1.82) is 0 Å². The molecule has 1 aromatic heterocycles. The third-order valence-corrected chi connectivity index (χ3v) is 4.41. The number of ether oxygens (including phenoxy) is 1. The quantitative estimate of drug-likeness (QED) is 0.838. The van der Waals surface area contributed by atoms with Gasteiger partial charge in [0.15, 0.2) is 5.43 Å². The summed E-state index contributed by atoms with van der Waals surface area (Å²) < 4.78 is 7.63. The molecule has 0 bridgehead atoms. The van der Waals surface area contributed by atoms with Crippen LogP contribution in [0.15, 0.2) is 16.9 Å². The van der Waals surface area contributed by atoms with Crippen LogP contribution in [0.2, 0.25) is 0 Å². The van der Waals surface area contributed by atoms with Gasteiger partial charge in [0.25, 0.3) is 0 Å². The topological polar surface area (TPSA) is 51.5 Å². The van der Waals surface area contributed by atoms with Gasteiger partial charge in [-0.3, -0.25) is 9.59 Å². The van der Waals surface area contributed by atoms with Crippen LogP contribution in [-0.2, 0) is 16.1 Å². The lowest BCUT2D eigenvalue weighted by Crippen LogP contribution is -2.41. The number of carbonyl (C=O) groups is 1.